The highest BCUT2D eigenvalue weighted by Gasteiger charge is 2.13. The highest BCUT2D eigenvalue weighted by molar-refractivity contribution is 5.62. The highest BCUT2D eigenvalue weighted by Crippen LogP contribution is 2.21. The van der Waals surface area contributed by atoms with Gasteiger partial charge in [0.05, 0.1) is 11.9 Å². The molecule has 1 aliphatic rings. The highest BCUT2D eigenvalue weighted by atomic mass is 15.2. The molecule has 0 radical (unpaired) electrons. The molecule has 0 spiro atoms. The Hall–Kier alpha value is -2.07. The minimum absolute atomic E-state index is 1.01. The largest absolute Gasteiger partial charge is 0.369 e. The van der Waals surface area contributed by atoms with Crippen LogP contribution in [0.1, 0.15) is 0 Å². The van der Waals surface area contributed by atoms with E-state index in [4.69, 9.17) is 0 Å². The third kappa shape index (κ3) is 3.08. The maximum Gasteiger partial charge on any atom is 0.0570 e. The van der Waals surface area contributed by atoms with Crippen LogP contribution in [-0.2, 0) is 0 Å². The Morgan fingerprint density at radius 1 is 0.950 bits per heavy atom. The number of anilines is 3. The maximum atomic E-state index is 4.10. The molecule has 2 heterocycles. The van der Waals surface area contributed by atoms with Crippen LogP contribution in [0.3, 0.4) is 0 Å². The first kappa shape index (κ1) is 12.9. The zero-order valence-corrected chi connectivity index (χ0v) is 11.8. The lowest BCUT2D eigenvalue weighted by atomic mass is 10.2. The van der Waals surface area contributed by atoms with Gasteiger partial charge in [-0.2, -0.15) is 0 Å². The second-order valence-electron chi connectivity index (χ2n) is 5.20. The molecule has 4 heteroatoms. The average molecular weight is 268 g/mol. The van der Waals surface area contributed by atoms with Crippen LogP contribution in [0.2, 0.25) is 0 Å². The van der Waals surface area contributed by atoms with E-state index in [2.05, 4.69) is 51.4 Å². The quantitative estimate of drug-likeness (QED) is 0.927. The van der Waals surface area contributed by atoms with Gasteiger partial charge in [-0.3, -0.25) is 4.98 Å². The SMILES string of the molecule is CN1CCN(c2ccc(Nc3cccnc3)cc2)CC1. The molecule has 3 rings (SSSR count). The van der Waals surface area contributed by atoms with Crippen molar-refractivity contribution in [2.24, 2.45) is 0 Å². The molecular weight excluding hydrogens is 248 g/mol. The van der Waals surface area contributed by atoms with Crippen molar-refractivity contribution in [3.8, 4) is 0 Å². The van der Waals surface area contributed by atoms with Crippen molar-refractivity contribution in [1.82, 2.24) is 9.88 Å². The third-order valence-corrected chi connectivity index (χ3v) is 3.69. The van der Waals surface area contributed by atoms with E-state index in [1.165, 1.54) is 5.69 Å². The van der Waals surface area contributed by atoms with Gasteiger partial charge in [0.25, 0.3) is 0 Å². The second-order valence-corrected chi connectivity index (χ2v) is 5.20. The number of likely N-dealkylation sites (N-methyl/N-ethyl adjacent to an activating group) is 1. The molecule has 1 aromatic carbocycles. The van der Waals surface area contributed by atoms with Crippen LogP contribution >= 0.6 is 0 Å². The number of hydrogen-bond donors (Lipinski definition) is 1. The maximum absolute atomic E-state index is 4.10. The lowest BCUT2D eigenvalue weighted by Gasteiger charge is -2.34. The number of pyridine rings is 1. The van der Waals surface area contributed by atoms with Gasteiger partial charge in [0.1, 0.15) is 0 Å². The molecule has 1 N–H and O–H groups in total. The van der Waals surface area contributed by atoms with Crippen LogP contribution in [0.15, 0.2) is 48.8 Å². The zero-order valence-electron chi connectivity index (χ0n) is 11.8. The Morgan fingerprint density at radius 3 is 2.35 bits per heavy atom. The van der Waals surface area contributed by atoms with Crippen molar-refractivity contribution in [3.05, 3.63) is 48.8 Å². The third-order valence-electron chi connectivity index (χ3n) is 3.69. The molecule has 4 nitrogen and oxygen atoms in total. The van der Waals surface area contributed by atoms with Crippen LogP contribution < -0.4 is 10.2 Å². The molecule has 0 amide bonds. The summed E-state index contributed by atoms with van der Waals surface area (Å²) >= 11 is 0. The molecule has 0 atom stereocenters. The minimum atomic E-state index is 1.01. The molecule has 1 aromatic heterocycles. The van der Waals surface area contributed by atoms with Crippen LogP contribution in [0.4, 0.5) is 17.1 Å². The Balaban J connectivity index is 1.65. The van der Waals surface area contributed by atoms with Crippen LogP contribution in [0.5, 0.6) is 0 Å². The van der Waals surface area contributed by atoms with Gasteiger partial charge in [-0.15, -0.1) is 0 Å². The normalized spacial score (nSPS) is 16.1. The fourth-order valence-electron chi connectivity index (χ4n) is 2.42. The van der Waals surface area contributed by atoms with Gasteiger partial charge in [0.2, 0.25) is 0 Å². The Kier molecular flexibility index (Phi) is 3.83. The van der Waals surface area contributed by atoms with Crippen molar-refractivity contribution in [3.63, 3.8) is 0 Å². The lowest BCUT2D eigenvalue weighted by Crippen LogP contribution is -2.44. The minimum Gasteiger partial charge on any atom is -0.369 e. The van der Waals surface area contributed by atoms with Gasteiger partial charge in [0, 0.05) is 43.8 Å². The first-order chi connectivity index (χ1) is 9.81. The summed E-state index contributed by atoms with van der Waals surface area (Å²) < 4.78 is 0. The van der Waals surface area contributed by atoms with Gasteiger partial charge in [-0.25, -0.2) is 0 Å². The number of nitrogens with zero attached hydrogens (tertiary/aromatic N) is 3. The summed E-state index contributed by atoms with van der Waals surface area (Å²) in [6.07, 6.45) is 3.61. The first-order valence-electron chi connectivity index (χ1n) is 7.02. The fraction of sp³-hybridized carbons (Fsp3) is 0.312. The van der Waals surface area contributed by atoms with E-state index in [1.54, 1.807) is 6.20 Å². The van der Waals surface area contributed by atoms with E-state index in [-0.39, 0.29) is 0 Å². The molecule has 0 bridgehead atoms. The summed E-state index contributed by atoms with van der Waals surface area (Å²) in [5.41, 5.74) is 3.41. The number of nitrogens with one attached hydrogen (secondary N) is 1. The van der Waals surface area contributed by atoms with Crippen LogP contribution in [-0.4, -0.2) is 43.1 Å². The van der Waals surface area contributed by atoms with Crippen LogP contribution in [0.25, 0.3) is 0 Å². The molecule has 104 valence electrons. The lowest BCUT2D eigenvalue weighted by molar-refractivity contribution is 0.313. The van der Waals surface area contributed by atoms with E-state index in [1.807, 2.05) is 18.3 Å². The standard InChI is InChI=1S/C16H20N4/c1-19-9-11-20(12-10-19)16-6-4-14(5-7-16)18-15-3-2-8-17-13-15/h2-8,13,18H,9-12H2,1H3. The van der Waals surface area contributed by atoms with E-state index in [0.29, 0.717) is 0 Å². The van der Waals surface area contributed by atoms with Gasteiger partial charge >= 0.3 is 0 Å². The van der Waals surface area contributed by atoms with Crippen molar-refractivity contribution in [2.75, 3.05) is 43.4 Å². The fourth-order valence-corrected chi connectivity index (χ4v) is 2.42. The molecule has 20 heavy (non-hydrogen) atoms. The van der Waals surface area contributed by atoms with Gasteiger partial charge in [-0.05, 0) is 43.4 Å². The predicted molar refractivity (Wildman–Crippen MR) is 83.7 cm³/mol. The Labute approximate surface area is 120 Å². The molecule has 2 aromatic rings. The summed E-state index contributed by atoms with van der Waals surface area (Å²) in [5, 5.41) is 3.35. The van der Waals surface area contributed by atoms with Crippen molar-refractivity contribution >= 4 is 17.1 Å². The number of benzene rings is 1. The molecule has 1 fully saturated rings. The summed E-state index contributed by atoms with van der Waals surface area (Å²) in [6, 6.07) is 12.6. The molecule has 0 aliphatic carbocycles. The molecule has 0 unspecified atom stereocenters. The zero-order chi connectivity index (χ0) is 13.8. The van der Waals surface area contributed by atoms with E-state index in [9.17, 15) is 0 Å². The summed E-state index contributed by atoms with van der Waals surface area (Å²) in [7, 11) is 2.18. The summed E-state index contributed by atoms with van der Waals surface area (Å²) in [6.45, 7) is 4.48. The van der Waals surface area contributed by atoms with E-state index < -0.39 is 0 Å². The van der Waals surface area contributed by atoms with Crippen molar-refractivity contribution in [1.29, 1.82) is 0 Å². The number of rotatable bonds is 3. The molecule has 0 saturated carbocycles. The molecule has 1 saturated heterocycles. The molecule has 1 aliphatic heterocycles. The Morgan fingerprint density at radius 2 is 1.70 bits per heavy atom. The van der Waals surface area contributed by atoms with Gasteiger partial charge in [-0.1, -0.05) is 0 Å². The smallest absolute Gasteiger partial charge is 0.0570 e. The van der Waals surface area contributed by atoms with Gasteiger partial charge in [0.15, 0.2) is 0 Å². The number of piperazine rings is 1. The Bertz CT molecular complexity index is 530. The van der Waals surface area contributed by atoms with Crippen LogP contribution in [0, 0.1) is 0 Å². The molecular formula is C16H20N4. The number of aromatic nitrogens is 1. The van der Waals surface area contributed by atoms with Gasteiger partial charge < -0.3 is 15.1 Å². The summed E-state index contributed by atoms with van der Waals surface area (Å²) in [4.78, 5) is 8.91. The average Bonchev–Trinajstić information content (AvgIpc) is 2.50. The van der Waals surface area contributed by atoms with Crippen molar-refractivity contribution in [2.45, 2.75) is 0 Å². The topological polar surface area (TPSA) is 31.4 Å². The predicted octanol–water partition coefficient (Wildman–Crippen LogP) is 2.58. The number of hydrogen-bond acceptors (Lipinski definition) is 4. The van der Waals surface area contributed by atoms with E-state index in [0.717, 1.165) is 37.6 Å². The van der Waals surface area contributed by atoms with Crippen molar-refractivity contribution < 1.29 is 0 Å². The summed E-state index contributed by atoms with van der Waals surface area (Å²) in [5.74, 6) is 0. The van der Waals surface area contributed by atoms with E-state index >= 15 is 0 Å². The monoisotopic (exact) mass is 268 g/mol. The second kappa shape index (κ2) is 5.92. The first-order valence-corrected chi connectivity index (χ1v) is 7.02.